The fourth-order valence-corrected chi connectivity index (χ4v) is 4.71. The van der Waals surface area contributed by atoms with Crippen molar-refractivity contribution in [2.75, 3.05) is 0 Å². The van der Waals surface area contributed by atoms with Crippen molar-refractivity contribution in [1.29, 1.82) is 0 Å². The molecule has 0 aliphatic carbocycles. The highest BCUT2D eigenvalue weighted by Crippen LogP contribution is 2.37. The van der Waals surface area contributed by atoms with Crippen molar-refractivity contribution in [2.24, 2.45) is 5.10 Å². The van der Waals surface area contributed by atoms with Crippen molar-refractivity contribution in [1.82, 2.24) is 4.41 Å². The van der Waals surface area contributed by atoms with Crippen LogP contribution in [0.15, 0.2) is 21.4 Å². The normalized spacial score (nSPS) is 23.5. The third-order valence-corrected chi connectivity index (χ3v) is 6.40. The monoisotopic (exact) mass is 342 g/mol. The summed E-state index contributed by atoms with van der Waals surface area (Å²) in [6.45, 7) is 2.81. The van der Waals surface area contributed by atoms with Crippen LogP contribution in [0.25, 0.3) is 0 Å². The summed E-state index contributed by atoms with van der Waals surface area (Å²) in [5.41, 5.74) is -3.55. The van der Waals surface area contributed by atoms with Crippen molar-refractivity contribution in [3.8, 4) is 0 Å². The van der Waals surface area contributed by atoms with Gasteiger partial charge in [0.15, 0.2) is 5.72 Å². The maximum atomic E-state index is 12.7. The number of nitrogens with zero attached hydrogens (tertiary/aromatic N) is 2. The number of aryl methyl sites for hydroxylation is 1. The number of rotatable bonds is 3. The largest absolute Gasteiger partial charge is 0.431 e. The lowest BCUT2D eigenvalue weighted by atomic mass is 10.1. The van der Waals surface area contributed by atoms with E-state index < -0.39 is 34.1 Å². The van der Waals surface area contributed by atoms with E-state index in [0.717, 1.165) is 23.1 Å². The minimum atomic E-state index is -4.78. The number of hydrogen-bond acceptors (Lipinski definition) is 5. The minimum Gasteiger partial charge on any atom is -0.368 e. The highest BCUT2D eigenvalue weighted by atomic mass is 32.2. The molecule has 1 aliphatic heterocycles. The van der Waals surface area contributed by atoms with Gasteiger partial charge >= 0.3 is 6.18 Å². The average molecular weight is 342 g/mol. The van der Waals surface area contributed by atoms with Gasteiger partial charge in [-0.3, -0.25) is 0 Å². The van der Waals surface area contributed by atoms with E-state index in [-0.39, 0.29) is 8.62 Å². The summed E-state index contributed by atoms with van der Waals surface area (Å²) in [5.74, 6) is 0. The average Bonchev–Trinajstić information content (AvgIpc) is 2.92. The van der Waals surface area contributed by atoms with Crippen LogP contribution in [0.5, 0.6) is 0 Å². The lowest BCUT2D eigenvalue weighted by molar-refractivity contribution is -0.0637. The van der Waals surface area contributed by atoms with Crippen LogP contribution in [0, 0.1) is 0 Å². The summed E-state index contributed by atoms with van der Waals surface area (Å²) in [6, 6.07) is 2.88. The summed E-state index contributed by atoms with van der Waals surface area (Å²) in [4.78, 5) is 0.771. The standard InChI is InChI=1S/C11H13F3N2O3S2/c1-3-7-4-5-9(20-7)21(18,19)16-10(2,17)6-8(15-16)11(12,13)14/h4-5,17H,3,6H2,1-2H3/t10-/m0/s1. The van der Waals surface area contributed by atoms with Gasteiger partial charge in [-0.05, 0) is 25.5 Å². The summed E-state index contributed by atoms with van der Waals surface area (Å²) in [7, 11) is -4.31. The molecule has 1 aromatic heterocycles. The molecular weight excluding hydrogens is 329 g/mol. The zero-order chi connectivity index (χ0) is 16.1. The van der Waals surface area contributed by atoms with Gasteiger partial charge in [0.1, 0.15) is 9.92 Å². The molecule has 2 heterocycles. The first-order chi connectivity index (χ1) is 9.48. The third-order valence-electron chi connectivity index (χ3n) is 2.92. The number of hydrazone groups is 1. The Bertz CT molecular complexity index is 677. The Hall–Kier alpha value is -1.13. The second-order valence-corrected chi connectivity index (χ2v) is 7.92. The Balaban J connectivity index is 2.45. The van der Waals surface area contributed by atoms with Gasteiger partial charge in [-0.2, -0.15) is 31.1 Å². The lowest BCUT2D eigenvalue weighted by Gasteiger charge is -2.27. The van der Waals surface area contributed by atoms with Gasteiger partial charge in [0.2, 0.25) is 0 Å². The Morgan fingerprint density at radius 2 is 2.10 bits per heavy atom. The summed E-state index contributed by atoms with van der Waals surface area (Å²) in [5, 5.41) is 13.1. The number of thiophene rings is 1. The van der Waals surface area contributed by atoms with Crippen LogP contribution in [0.2, 0.25) is 0 Å². The van der Waals surface area contributed by atoms with Crippen molar-refractivity contribution < 1.29 is 26.7 Å². The smallest absolute Gasteiger partial charge is 0.368 e. The Morgan fingerprint density at radius 3 is 2.52 bits per heavy atom. The fraction of sp³-hybridized carbons (Fsp3) is 0.545. The molecule has 2 rings (SSSR count). The summed E-state index contributed by atoms with van der Waals surface area (Å²) >= 11 is 0.945. The maximum Gasteiger partial charge on any atom is 0.431 e. The molecule has 0 fully saturated rings. The first-order valence-corrected chi connectivity index (χ1v) is 8.25. The fourth-order valence-electron chi connectivity index (χ4n) is 1.88. The molecule has 118 valence electrons. The van der Waals surface area contributed by atoms with Crippen LogP contribution in [-0.2, 0) is 16.4 Å². The zero-order valence-electron chi connectivity index (χ0n) is 11.2. The van der Waals surface area contributed by atoms with Crippen molar-refractivity contribution in [3.05, 3.63) is 17.0 Å². The van der Waals surface area contributed by atoms with Crippen LogP contribution < -0.4 is 0 Å². The van der Waals surface area contributed by atoms with Crippen LogP contribution in [0.3, 0.4) is 0 Å². The van der Waals surface area contributed by atoms with Crippen LogP contribution in [0.1, 0.15) is 25.1 Å². The third kappa shape index (κ3) is 2.92. The second kappa shape index (κ2) is 4.96. The first-order valence-electron chi connectivity index (χ1n) is 5.99. The van der Waals surface area contributed by atoms with Crippen LogP contribution in [-0.4, -0.2) is 35.6 Å². The molecule has 0 radical (unpaired) electrons. The highest BCUT2D eigenvalue weighted by Gasteiger charge is 2.52. The molecule has 0 amide bonds. The van der Waals surface area contributed by atoms with E-state index in [1.807, 2.05) is 6.92 Å². The van der Waals surface area contributed by atoms with E-state index >= 15 is 0 Å². The second-order valence-electron chi connectivity index (χ2n) is 4.76. The number of halogens is 3. The molecular formula is C11H13F3N2O3S2. The van der Waals surface area contributed by atoms with Gasteiger partial charge in [0, 0.05) is 11.3 Å². The Morgan fingerprint density at radius 1 is 1.48 bits per heavy atom. The maximum absolute atomic E-state index is 12.7. The van der Waals surface area contributed by atoms with Gasteiger partial charge in [0.25, 0.3) is 10.0 Å². The van der Waals surface area contributed by atoms with E-state index in [9.17, 15) is 26.7 Å². The molecule has 1 aromatic rings. The minimum absolute atomic E-state index is 0.146. The van der Waals surface area contributed by atoms with Gasteiger partial charge in [-0.25, -0.2) is 0 Å². The molecule has 0 spiro atoms. The van der Waals surface area contributed by atoms with E-state index in [4.69, 9.17) is 0 Å². The summed E-state index contributed by atoms with van der Waals surface area (Å²) < 4.78 is 62.7. The molecule has 0 saturated heterocycles. The van der Waals surface area contributed by atoms with Gasteiger partial charge in [0.05, 0.1) is 0 Å². The predicted octanol–water partition coefficient (Wildman–Crippen LogP) is 2.33. The molecule has 0 unspecified atom stereocenters. The lowest BCUT2D eigenvalue weighted by Crippen LogP contribution is -2.43. The van der Waals surface area contributed by atoms with Gasteiger partial charge < -0.3 is 5.11 Å². The van der Waals surface area contributed by atoms with E-state index in [1.54, 1.807) is 6.07 Å². The quantitative estimate of drug-likeness (QED) is 0.916. The van der Waals surface area contributed by atoms with Crippen molar-refractivity contribution in [2.45, 2.75) is 42.8 Å². The first kappa shape index (κ1) is 16.2. The molecule has 1 N–H and O–H groups in total. The Kier molecular flexibility index (Phi) is 3.83. The molecule has 10 heteroatoms. The zero-order valence-corrected chi connectivity index (χ0v) is 12.8. The van der Waals surface area contributed by atoms with E-state index in [1.165, 1.54) is 6.07 Å². The highest BCUT2D eigenvalue weighted by molar-refractivity contribution is 7.91. The molecule has 0 saturated carbocycles. The number of aliphatic hydroxyl groups is 1. The van der Waals surface area contributed by atoms with Gasteiger partial charge in [-0.15, -0.1) is 11.3 Å². The molecule has 1 aliphatic rings. The van der Waals surface area contributed by atoms with Crippen molar-refractivity contribution >= 4 is 27.1 Å². The van der Waals surface area contributed by atoms with Crippen molar-refractivity contribution in [3.63, 3.8) is 0 Å². The van der Waals surface area contributed by atoms with E-state index in [0.29, 0.717) is 6.42 Å². The number of hydrogen-bond donors (Lipinski definition) is 1. The van der Waals surface area contributed by atoms with E-state index in [2.05, 4.69) is 5.10 Å². The number of sulfonamides is 1. The molecule has 5 nitrogen and oxygen atoms in total. The SMILES string of the molecule is CCc1ccc(S(=O)(=O)N2N=C(C(F)(F)F)C[C@]2(C)O)s1. The van der Waals surface area contributed by atoms with Crippen LogP contribution in [0.4, 0.5) is 13.2 Å². The molecule has 0 bridgehead atoms. The summed E-state index contributed by atoms with van der Waals surface area (Å²) in [6.07, 6.45) is -5.08. The van der Waals surface area contributed by atoms with Gasteiger partial charge in [-0.1, -0.05) is 6.92 Å². The molecule has 1 atom stereocenters. The topological polar surface area (TPSA) is 70.0 Å². The Labute approximate surface area is 123 Å². The van der Waals surface area contributed by atoms with Crippen LogP contribution >= 0.6 is 11.3 Å². The predicted molar refractivity (Wildman–Crippen MR) is 71.5 cm³/mol. The number of alkyl halides is 3. The molecule has 21 heavy (non-hydrogen) atoms. The molecule has 0 aromatic carbocycles.